The van der Waals surface area contributed by atoms with Gasteiger partial charge >= 0.3 is 0 Å². The number of rotatable bonds is 3. The molecule has 0 fully saturated rings. The zero-order valence-electron chi connectivity index (χ0n) is 10.5. The Morgan fingerprint density at radius 1 is 1.00 bits per heavy atom. The van der Waals surface area contributed by atoms with Gasteiger partial charge in [0.05, 0.1) is 5.69 Å². The van der Waals surface area contributed by atoms with Crippen molar-refractivity contribution in [3.63, 3.8) is 0 Å². The highest BCUT2D eigenvalue weighted by Gasteiger charge is 2.12. The fourth-order valence-electron chi connectivity index (χ4n) is 1.71. The smallest absolute Gasteiger partial charge is 0.255 e. The minimum absolute atomic E-state index is 0.230. The van der Waals surface area contributed by atoms with Gasteiger partial charge in [-0.05, 0) is 36.4 Å². The van der Waals surface area contributed by atoms with Crippen LogP contribution >= 0.6 is 60.0 Å². The van der Waals surface area contributed by atoms with Crippen molar-refractivity contribution in [1.29, 1.82) is 0 Å². The number of thiocarbonyl (C=S) groups is 1. The van der Waals surface area contributed by atoms with E-state index >= 15 is 0 Å². The van der Waals surface area contributed by atoms with Crippen LogP contribution in [0, 0.1) is 0 Å². The Hall–Kier alpha value is -0.760. The van der Waals surface area contributed by atoms with Crippen molar-refractivity contribution in [2.75, 3.05) is 5.32 Å². The van der Waals surface area contributed by atoms with Crippen molar-refractivity contribution < 1.29 is 4.79 Å². The summed E-state index contributed by atoms with van der Waals surface area (Å²) >= 11 is 15.1. The minimum atomic E-state index is -0.243. The molecule has 21 heavy (non-hydrogen) atoms. The Labute approximate surface area is 152 Å². The van der Waals surface area contributed by atoms with Gasteiger partial charge in [-0.1, -0.05) is 60.0 Å². The highest BCUT2D eigenvalue weighted by Crippen LogP contribution is 2.24. The van der Waals surface area contributed by atoms with Crippen molar-refractivity contribution in [2.24, 2.45) is 5.73 Å². The zero-order chi connectivity index (χ0) is 15.6. The first-order chi connectivity index (χ1) is 9.86. The molecule has 1 amide bonds. The van der Waals surface area contributed by atoms with E-state index < -0.39 is 0 Å². The summed E-state index contributed by atoms with van der Waals surface area (Å²) in [5.41, 5.74) is 7.38. The van der Waals surface area contributed by atoms with Gasteiger partial charge < -0.3 is 11.1 Å². The van der Waals surface area contributed by atoms with Crippen LogP contribution in [0.4, 0.5) is 5.69 Å². The number of carbonyl (C=O) groups is 1. The van der Waals surface area contributed by atoms with E-state index in [4.69, 9.17) is 18.0 Å². The standard InChI is InChI=1S/C14H9Br3N2OS/c15-8-1-2-11(13(18)21)12(6-8)19-14(20)7-3-9(16)5-10(17)4-7/h1-6H,(H2,18,21)(H,19,20). The number of anilines is 1. The third-order valence-electron chi connectivity index (χ3n) is 2.62. The van der Waals surface area contributed by atoms with Crippen LogP contribution in [-0.2, 0) is 0 Å². The van der Waals surface area contributed by atoms with E-state index in [1.54, 1.807) is 24.3 Å². The first kappa shape index (κ1) is 16.6. The molecule has 0 aromatic heterocycles. The lowest BCUT2D eigenvalue weighted by Gasteiger charge is -2.11. The summed E-state index contributed by atoms with van der Waals surface area (Å²) in [6.07, 6.45) is 0. The van der Waals surface area contributed by atoms with E-state index in [-0.39, 0.29) is 10.9 Å². The van der Waals surface area contributed by atoms with Crippen LogP contribution in [0.2, 0.25) is 0 Å². The number of amides is 1. The number of benzene rings is 2. The molecule has 0 unspecified atom stereocenters. The fraction of sp³-hybridized carbons (Fsp3) is 0. The maximum atomic E-state index is 12.4. The molecule has 0 spiro atoms. The van der Waals surface area contributed by atoms with Crippen LogP contribution in [0.5, 0.6) is 0 Å². The number of hydrogen-bond donors (Lipinski definition) is 2. The Balaban J connectivity index is 2.35. The highest BCUT2D eigenvalue weighted by atomic mass is 79.9. The SMILES string of the molecule is NC(=S)c1ccc(Br)cc1NC(=O)c1cc(Br)cc(Br)c1. The highest BCUT2D eigenvalue weighted by molar-refractivity contribution is 9.11. The van der Waals surface area contributed by atoms with E-state index in [0.29, 0.717) is 16.8 Å². The largest absolute Gasteiger partial charge is 0.389 e. The van der Waals surface area contributed by atoms with Gasteiger partial charge in [0.1, 0.15) is 4.99 Å². The Morgan fingerprint density at radius 2 is 1.62 bits per heavy atom. The Morgan fingerprint density at radius 3 is 2.19 bits per heavy atom. The third kappa shape index (κ3) is 4.35. The summed E-state index contributed by atoms with van der Waals surface area (Å²) in [6.45, 7) is 0. The second kappa shape index (κ2) is 7.00. The maximum Gasteiger partial charge on any atom is 0.255 e. The van der Waals surface area contributed by atoms with E-state index in [0.717, 1.165) is 13.4 Å². The Bertz CT molecular complexity index is 714. The molecule has 3 N–H and O–H groups in total. The first-order valence-electron chi connectivity index (χ1n) is 5.73. The van der Waals surface area contributed by atoms with E-state index in [9.17, 15) is 4.79 Å². The zero-order valence-corrected chi connectivity index (χ0v) is 16.1. The monoisotopic (exact) mass is 490 g/mol. The number of nitrogens with two attached hydrogens (primary N) is 1. The normalized spacial score (nSPS) is 10.2. The van der Waals surface area contributed by atoms with Crippen molar-refractivity contribution >= 4 is 76.6 Å². The average Bonchev–Trinajstić information content (AvgIpc) is 2.37. The topological polar surface area (TPSA) is 55.1 Å². The number of halogens is 3. The number of nitrogens with one attached hydrogen (secondary N) is 1. The molecular formula is C14H9Br3N2OS. The molecule has 2 aromatic rings. The molecule has 0 saturated carbocycles. The molecule has 0 aliphatic heterocycles. The van der Waals surface area contributed by atoms with E-state index in [1.165, 1.54) is 0 Å². The van der Waals surface area contributed by atoms with Gasteiger partial charge in [-0.2, -0.15) is 0 Å². The molecular weight excluding hydrogens is 484 g/mol. The Kier molecular flexibility index (Phi) is 5.54. The summed E-state index contributed by atoms with van der Waals surface area (Å²) in [5, 5.41) is 2.83. The van der Waals surface area contributed by atoms with Crippen LogP contribution in [0.3, 0.4) is 0 Å². The van der Waals surface area contributed by atoms with Crippen LogP contribution < -0.4 is 11.1 Å². The van der Waals surface area contributed by atoms with E-state index in [1.807, 2.05) is 12.1 Å². The molecule has 108 valence electrons. The van der Waals surface area contributed by atoms with E-state index in [2.05, 4.69) is 53.1 Å². The quantitative estimate of drug-likeness (QED) is 0.602. The van der Waals surface area contributed by atoms with Gasteiger partial charge in [-0.3, -0.25) is 4.79 Å². The van der Waals surface area contributed by atoms with Gasteiger partial charge in [0.25, 0.3) is 5.91 Å². The first-order valence-corrected chi connectivity index (χ1v) is 8.52. The molecule has 2 aromatic carbocycles. The van der Waals surface area contributed by atoms with Crippen molar-refractivity contribution in [3.05, 3.63) is 60.9 Å². The van der Waals surface area contributed by atoms with Crippen LogP contribution in [0.25, 0.3) is 0 Å². The lowest BCUT2D eigenvalue weighted by Crippen LogP contribution is -2.17. The lowest BCUT2D eigenvalue weighted by atomic mass is 10.1. The third-order valence-corrected chi connectivity index (χ3v) is 4.25. The van der Waals surface area contributed by atoms with Crippen LogP contribution in [0.15, 0.2) is 49.8 Å². The molecule has 7 heteroatoms. The van der Waals surface area contributed by atoms with Crippen LogP contribution in [-0.4, -0.2) is 10.9 Å². The van der Waals surface area contributed by atoms with Gasteiger partial charge in [-0.25, -0.2) is 0 Å². The number of carbonyl (C=O) groups excluding carboxylic acids is 1. The molecule has 0 atom stereocenters. The summed E-state index contributed by atoms with van der Waals surface area (Å²) in [5.74, 6) is -0.243. The van der Waals surface area contributed by atoms with Crippen molar-refractivity contribution in [2.45, 2.75) is 0 Å². The summed E-state index contributed by atoms with van der Waals surface area (Å²) < 4.78 is 2.45. The molecule has 0 aliphatic carbocycles. The molecule has 0 radical (unpaired) electrons. The number of hydrogen-bond acceptors (Lipinski definition) is 2. The average molecular weight is 493 g/mol. The predicted octanol–water partition coefficient (Wildman–Crippen LogP) is 4.86. The summed E-state index contributed by atoms with van der Waals surface area (Å²) in [6, 6.07) is 10.7. The molecule has 3 nitrogen and oxygen atoms in total. The summed E-state index contributed by atoms with van der Waals surface area (Å²) in [7, 11) is 0. The second-order valence-electron chi connectivity index (χ2n) is 4.17. The molecule has 0 saturated heterocycles. The molecule has 0 bridgehead atoms. The molecule has 0 aliphatic rings. The second-order valence-corrected chi connectivity index (χ2v) is 7.35. The molecule has 2 rings (SSSR count). The van der Waals surface area contributed by atoms with Gasteiger partial charge in [0, 0.05) is 24.5 Å². The van der Waals surface area contributed by atoms with Crippen molar-refractivity contribution in [1.82, 2.24) is 0 Å². The van der Waals surface area contributed by atoms with Crippen molar-refractivity contribution in [3.8, 4) is 0 Å². The lowest BCUT2D eigenvalue weighted by molar-refractivity contribution is 0.102. The molecule has 0 heterocycles. The fourth-order valence-corrected chi connectivity index (χ4v) is 3.55. The van der Waals surface area contributed by atoms with Crippen LogP contribution in [0.1, 0.15) is 15.9 Å². The predicted molar refractivity (Wildman–Crippen MR) is 99.8 cm³/mol. The van der Waals surface area contributed by atoms with Gasteiger partial charge in [-0.15, -0.1) is 0 Å². The van der Waals surface area contributed by atoms with Gasteiger partial charge in [0.15, 0.2) is 0 Å². The van der Waals surface area contributed by atoms with Gasteiger partial charge in [0.2, 0.25) is 0 Å². The summed E-state index contributed by atoms with van der Waals surface area (Å²) in [4.78, 5) is 12.6. The minimum Gasteiger partial charge on any atom is -0.389 e. The maximum absolute atomic E-state index is 12.4.